The Labute approximate surface area is 173 Å². The molecule has 1 saturated carbocycles. The average molecular weight is 417 g/mol. The van der Waals surface area contributed by atoms with Crippen LogP contribution in [0.5, 0.6) is 5.75 Å². The molecule has 4 rings (SSSR count). The van der Waals surface area contributed by atoms with Crippen molar-refractivity contribution in [1.29, 1.82) is 0 Å². The zero-order valence-electron chi connectivity index (χ0n) is 17.1. The standard InChI is InChI=1S/C21H25ClN4O3/c1-5-15(12-7-8-12)25-17(6-2)23-19-18(25)20(27)24(3)21(28)26(19)16-10-9-13(29-4)11-14(16)22/h9-12,15H,5-8H2,1-4H3. The van der Waals surface area contributed by atoms with E-state index in [0.29, 0.717) is 40.0 Å². The molecule has 1 fully saturated rings. The van der Waals surface area contributed by atoms with Crippen LogP contribution in [0.3, 0.4) is 0 Å². The molecule has 0 spiro atoms. The van der Waals surface area contributed by atoms with Crippen LogP contribution in [0, 0.1) is 5.92 Å². The highest BCUT2D eigenvalue weighted by atomic mass is 35.5. The van der Waals surface area contributed by atoms with Gasteiger partial charge < -0.3 is 9.30 Å². The maximum atomic E-state index is 13.2. The highest BCUT2D eigenvalue weighted by Crippen LogP contribution is 2.43. The quantitative estimate of drug-likeness (QED) is 0.616. The molecule has 1 atom stereocenters. The lowest BCUT2D eigenvalue weighted by molar-refractivity contribution is 0.415. The zero-order valence-corrected chi connectivity index (χ0v) is 17.9. The van der Waals surface area contributed by atoms with Crippen molar-refractivity contribution in [2.75, 3.05) is 7.11 Å². The van der Waals surface area contributed by atoms with Crippen molar-refractivity contribution in [2.45, 2.75) is 45.6 Å². The Hall–Kier alpha value is -2.54. The van der Waals surface area contributed by atoms with E-state index in [0.717, 1.165) is 29.7 Å². The number of aromatic nitrogens is 4. The Bertz CT molecular complexity index is 1200. The number of hydrogen-bond donors (Lipinski definition) is 0. The molecule has 7 nitrogen and oxygen atoms in total. The minimum Gasteiger partial charge on any atom is -0.497 e. The van der Waals surface area contributed by atoms with Crippen LogP contribution in [0.2, 0.25) is 5.02 Å². The van der Waals surface area contributed by atoms with Crippen LogP contribution in [0.4, 0.5) is 0 Å². The van der Waals surface area contributed by atoms with Crippen molar-refractivity contribution in [2.24, 2.45) is 13.0 Å². The van der Waals surface area contributed by atoms with Crippen molar-refractivity contribution in [3.63, 3.8) is 0 Å². The number of benzene rings is 1. The SMILES string of the molecule is CCc1nc2c(c(=O)n(C)c(=O)n2-c2ccc(OC)cc2Cl)n1C(CC)C1CC1. The van der Waals surface area contributed by atoms with Gasteiger partial charge >= 0.3 is 5.69 Å². The molecule has 0 N–H and O–H groups in total. The number of ether oxygens (including phenoxy) is 1. The van der Waals surface area contributed by atoms with Gasteiger partial charge in [-0.2, -0.15) is 0 Å². The summed E-state index contributed by atoms with van der Waals surface area (Å²) >= 11 is 6.48. The van der Waals surface area contributed by atoms with Gasteiger partial charge in [-0.25, -0.2) is 14.3 Å². The Morgan fingerprint density at radius 3 is 2.55 bits per heavy atom. The summed E-state index contributed by atoms with van der Waals surface area (Å²) in [6.45, 7) is 4.15. The van der Waals surface area contributed by atoms with Crippen molar-refractivity contribution < 1.29 is 4.74 Å². The summed E-state index contributed by atoms with van der Waals surface area (Å²) in [7, 11) is 3.05. The van der Waals surface area contributed by atoms with E-state index in [9.17, 15) is 9.59 Å². The van der Waals surface area contributed by atoms with Gasteiger partial charge in [0.15, 0.2) is 11.2 Å². The average Bonchev–Trinajstić information content (AvgIpc) is 3.48. The van der Waals surface area contributed by atoms with Gasteiger partial charge in [0.2, 0.25) is 0 Å². The molecule has 2 heterocycles. The molecular weight excluding hydrogens is 392 g/mol. The van der Waals surface area contributed by atoms with Gasteiger partial charge in [0.05, 0.1) is 17.8 Å². The van der Waals surface area contributed by atoms with Crippen LogP contribution in [0.1, 0.15) is 45.0 Å². The van der Waals surface area contributed by atoms with E-state index < -0.39 is 5.69 Å². The lowest BCUT2D eigenvalue weighted by Crippen LogP contribution is -2.38. The first-order chi connectivity index (χ1) is 13.9. The fourth-order valence-corrected chi connectivity index (χ4v) is 4.39. The molecule has 3 aromatic rings. The minimum atomic E-state index is -0.471. The molecule has 0 radical (unpaired) electrons. The molecular formula is C21H25ClN4O3. The number of nitrogens with zero attached hydrogens (tertiary/aromatic N) is 4. The number of hydrogen-bond acceptors (Lipinski definition) is 4. The Morgan fingerprint density at radius 2 is 2.00 bits per heavy atom. The van der Waals surface area contributed by atoms with Crippen molar-refractivity contribution in [3.8, 4) is 11.4 Å². The third-order valence-electron chi connectivity index (χ3n) is 5.79. The summed E-state index contributed by atoms with van der Waals surface area (Å²) in [5.74, 6) is 1.96. The predicted octanol–water partition coefficient (Wildman–Crippen LogP) is 3.47. The summed E-state index contributed by atoms with van der Waals surface area (Å²) in [5.41, 5.74) is 0.513. The van der Waals surface area contributed by atoms with E-state index in [4.69, 9.17) is 21.3 Å². The van der Waals surface area contributed by atoms with Crippen molar-refractivity contribution in [3.05, 3.63) is 49.9 Å². The van der Waals surface area contributed by atoms with E-state index in [1.165, 1.54) is 11.6 Å². The van der Waals surface area contributed by atoms with Crippen LogP contribution in [0.25, 0.3) is 16.9 Å². The molecule has 0 saturated heterocycles. The van der Waals surface area contributed by atoms with Gasteiger partial charge in [-0.15, -0.1) is 0 Å². The summed E-state index contributed by atoms with van der Waals surface area (Å²) in [5, 5.41) is 0.355. The Balaban J connectivity index is 2.10. The van der Waals surface area contributed by atoms with Gasteiger partial charge in [0, 0.05) is 25.6 Å². The lowest BCUT2D eigenvalue weighted by atomic mass is 10.1. The summed E-state index contributed by atoms with van der Waals surface area (Å²) in [6, 6.07) is 5.31. The number of imidazole rings is 1. The molecule has 0 bridgehead atoms. The highest BCUT2D eigenvalue weighted by molar-refractivity contribution is 6.32. The number of halogens is 1. The summed E-state index contributed by atoms with van der Waals surface area (Å²) < 4.78 is 9.87. The third-order valence-corrected chi connectivity index (χ3v) is 6.09. The molecule has 1 aliphatic carbocycles. The normalized spacial score (nSPS) is 15.1. The minimum absolute atomic E-state index is 0.208. The van der Waals surface area contributed by atoms with Crippen LogP contribution >= 0.6 is 11.6 Å². The van der Waals surface area contributed by atoms with E-state index in [-0.39, 0.29) is 11.6 Å². The molecule has 29 heavy (non-hydrogen) atoms. The fourth-order valence-electron chi connectivity index (χ4n) is 4.13. The summed E-state index contributed by atoms with van der Waals surface area (Å²) in [4.78, 5) is 31.0. The van der Waals surface area contributed by atoms with Gasteiger partial charge in [-0.3, -0.25) is 9.36 Å². The molecule has 1 aromatic carbocycles. The van der Waals surface area contributed by atoms with Crippen molar-refractivity contribution in [1.82, 2.24) is 18.7 Å². The van der Waals surface area contributed by atoms with Crippen LogP contribution in [0.15, 0.2) is 27.8 Å². The molecule has 2 aromatic heterocycles. The first-order valence-corrected chi connectivity index (χ1v) is 10.4. The molecule has 1 unspecified atom stereocenters. The van der Waals surface area contributed by atoms with E-state index in [1.54, 1.807) is 25.3 Å². The van der Waals surface area contributed by atoms with E-state index in [1.807, 2.05) is 6.92 Å². The second-order valence-electron chi connectivity index (χ2n) is 7.54. The lowest BCUT2D eigenvalue weighted by Gasteiger charge is -2.20. The first-order valence-electron chi connectivity index (χ1n) is 9.99. The topological polar surface area (TPSA) is 71.1 Å². The fraction of sp³-hybridized carbons (Fsp3) is 0.476. The maximum absolute atomic E-state index is 13.2. The largest absolute Gasteiger partial charge is 0.497 e. The van der Waals surface area contributed by atoms with Gasteiger partial charge in [-0.1, -0.05) is 25.4 Å². The number of fused-ring (bicyclic) bond motifs is 1. The number of rotatable bonds is 6. The van der Waals surface area contributed by atoms with Crippen molar-refractivity contribution >= 4 is 22.8 Å². The summed E-state index contributed by atoms with van der Waals surface area (Å²) in [6.07, 6.45) is 3.90. The predicted molar refractivity (Wildman–Crippen MR) is 114 cm³/mol. The molecule has 8 heteroatoms. The molecule has 154 valence electrons. The Kier molecular flexibility index (Phi) is 5.02. The highest BCUT2D eigenvalue weighted by Gasteiger charge is 2.35. The van der Waals surface area contributed by atoms with Crippen LogP contribution in [-0.2, 0) is 13.5 Å². The third kappa shape index (κ3) is 3.08. The maximum Gasteiger partial charge on any atom is 0.337 e. The van der Waals surface area contributed by atoms with Crippen LogP contribution in [-0.4, -0.2) is 25.8 Å². The van der Waals surface area contributed by atoms with E-state index >= 15 is 0 Å². The second-order valence-corrected chi connectivity index (χ2v) is 7.94. The number of methoxy groups -OCH3 is 1. The number of aryl methyl sites for hydroxylation is 1. The Morgan fingerprint density at radius 1 is 1.28 bits per heavy atom. The van der Waals surface area contributed by atoms with E-state index in [2.05, 4.69) is 11.5 Å². The van der Waals surface area contributed by atoms with Crippen LogP contribution < -0.4 is 16.0 Å². The zero-order chi connectivity index (χ0) is 20.9. The molecule has 0 aliphatic heterocycles. The monoisotopic (exact) mass is 416 g/mol. The van der Waals surface area contributed by atoms with Gasteiger partial charge in [-0.05, 0) is 37.3 Å². The molecule has 0 amide bonds. The second kappa shape index (κ2) is 7.37. The first kappa shape index (κ1) is 19.8. The molecule has 1 aliphatic rings. The van der Waals surface area contributed by atoms with Gasteiger partial charge in [0.1, 0.15) is 11.6 Å². The van der Waals surface area contributed by atoms with Gasteiger partial charge in [0.25, 0.3) is 5.56 Å². The smallest absolute Gasteiger partial charge is 0.337 e.